The number of phenolic OH excluding ortho intramolecular Hbond substituents is 1. The number of hydrogen-bond acceptors (Lipinski definition) is 6. The Bertz CT molecular complexity index is 908. The van der Waals surface area contributed by atoms with Crippen molar-refractivity contribution in [2.75, 3.05) is 7.11 Å². The summed E-state index contributed by atoms with van der Waals surface area (Å²) < 4.78 is 11.0. The van der Waals surface area contributed by atoms with E-state index in [2.05, 4.69) is 5.32 Å². The minimum absolute atomic E-state index is 0.0184. The quantitative estimate of drug-likeness (QED) is 0.751. The molecule has 29 heavy (non-hydrogen) atoms. The predicted octanol–water partition coefficient (Wildman–Crippen LogP) is 3.85. The number of carbonyl (C=O) groups excluding carboxylic acids is 2. The number of rotatable bonds is 4. The Hall–Kier alpha value is -2.76. The van der Waals surface area contributed by atoms with Gasteiger partial charge in [-0.2, -0.15) is 0 Å². The Balaban J connectivity index is 1.78. The molecule has 0 spiro atoms. The van der Waals surface area contributed by atoms with E-state index >= 15 is 0 Å². The monoisotopic (exact) mass is 397 g/mol. The van der Waals surface area contributed by atoms with Gasteiger partial charge in [0.1, 0.15) is 6.10 Å². The van der Waals surface area contributed by atoms with Crippen LogP contribution < -0.4 is 10.1 Å². The number of phenols is 1. The lowest BCUT2D eigenvalue weighted by atomic mass is 9.75. The van der Waals surface area contributed by atoms with Crippen molar-refractivity contribution in [3.05, 3.63) is 46.3 Å². The van der Waals surface area contributed by atoms with Crippen LogP contribution in [0.2, 0.25) is 0 Å². The van der Waals surface area contributed by atoms with E-state index in [0.29, 0.717) is 34.6 Å². The minimum atomic E-state index is -0.551. The van der Waals surface area contributed by atoms with Crippen LogP contribution in [0.25, 0.3) is 0 Å². The molecule has 1 aromatic carbocycles. The molecular weight excluding hydrogens is 370 g/mol. The molecule has 1 aliphatic heterocycles. The molecule has 0 amide bonds. The van der Waals surface area contributed by atoms with E-state index in [1.54, 1.807) is 18.2 Å². The van der Waals surface area contributed by atoms with E-state index in [0.717, 1.165) is 44.2 Å². The molecule has 6 nitrogen and oxygen atoms in total. The summed E-state index contributed by atoms with van der Waals surface area (Å²) in [7, 11) is 1.49. The fourth-order valence-electron chi connectivity index (χ4n) is 4.69. The third-order valence-corrected chi connectivity index (χ3v) is 6.11. The molecule has 0 aromatic heterocycles. The normalized spacial score (nSPS) is 22.4. The smallest absolute Gasteiger partial charge is 0.337 e. The largest absolute Gasteiger partial charge is 0.504 e. The zero-order chi connectivity index (χ0) is 20.5. The van der Waals surface area contributed by atoms with E-state index in [4.69, 9.17) is 9.47 Å². The third kappa shape index (κ3) is 3.63. The number of ketones is 1. The number of esters is 1. The van der Waals surface area contributed by atoms with Gasteiger partial charge in [-0.3, -0.25) is 4.79 Å². The third-order valence-electron chi connectivity index (χ3n) is 6.11. The molecule has 2 N–H and O–H groups in total. The van der Waals surface area contributed by atoms with Crippen molar-refractivity contribution in [3.63, 3.8) is 0 Å². The first-order chi connectivity index (χ1) is 14.0. The molecule has 1 aromatic rings. The number of ether oxygens (including phenoxy) is 2. The zero-order valence-electron chi connectivity index (χ0n) is 16.9. The van der Waals surface area contributed by atoms with Crippen molar-refractivity contribution in [2.45, 2.75) is 63.9 Å². The molecule has 6 heteroatoms. The summed E-state index contributed by atoms with van der Waals surface area (Å²) in [4.78, 5) is 26.1. The Morgan fingerprint density at radius 3 is 2.62 bits per heavy atom. The summed E-state index contributed by atoms with van der Waals surface area (Å²) in [5.74, 6) is -0.563. The summed E-state index contributed by atoms with van der Waals surface area (Å²) in [5.41, 5.74) is 3.34. The average Bonchev–Trinajstić information content (AvgIpc) is 3.20. The lowest BCUT2D eigenvalue weighted by Crippen LogP contribution is -2.35. The van der Waals surface area contributed by atoms with Gasteiger partial charge in [0.25, 0.3) is 0 Å². The summed E-state index contributed by atoms with van der Waals surface area (Å²) >= 11 is 0. The van der Waals surface area contributed by atoms with Crippen molar-refractivity contribution in [1.29, 1.82) is 0 Å². The van der Waals surface area contributed by atoms with E-state index in [-0.39, 0.29) is 23.6 Å². The maximum absolute atomic E-state index is 13.2. The van der Waals surface area contributed by atoms with Crippen LogP contribution in [0.1, 0.15) is 63.4 Å². The molecule has 0 bridgehead atoms. The molecule has 1 fully saturated rings. The van der Waals surface area contributed by atoms with Crippen LogP contribution >= 0.6 is 0 Å². The Morgan fingerprint density at radius 2 is 1.93 bits per heavy atom. The molecule has 0 radical (unpaired) electrons. The molecule has 0 unspecified atom stereocenters. The van der Waals surface area contributed by atoms with Crippen molar-refractivity contribution in [2.24, 2.45) is 0 Å². The van der Waals surface area contributed by atoms with Gasteiger partial charge in [0, 0.05) is 29.3 Å². The summed E-state index contributed by atoms with van der Waals surface area (Å²) in [6, 6.07) is 5.05. The molecule has 1 saturated carbocycles. The SMILES string of the molecule is COc1ccc([C@@H]2C(C(=O)OC3CCCC3)=C(C)NC3=C2C(=O)CCC3)cc1O. The lowest BCUT2D eigenvalue weighted by molar-refractivity contribution is -0.144. The molecular formula is C23H27NO5. The van der Waals surface area contributed by atoms with Gasteiger partial charge in [-0.25, -0.2) is 4.79 Å². The van der Waals surface area contributed by atoms with Gasteiger partial charge >= 0.3 is 5.97 Å². The van der Waals surface area contributed by atoms with Crippen LogP contribution in [0.4, 0.5) is 0 Å². The predicted molar refractivity (Wildman–Crippen MR) is 107 cm³/mol. The Labute approximate surface area is 170 Å². The number of nitrogens with one attached hydrogen (secondary N) is 1. The second-order valence-corrected chi connectivity index (χ2v) is 8.01. The van der Waals surface area contributed by atoms with Gasteiger partial charge in [-0.1, -0.05) is 6.07 Å². The second kappa shape index (κ2) is 7.93. The molecule has 0 saturated heterocycles. The van der Waals surface area contributed by atoms with Gasteiger partial charge in [0.2, 0.25) is 0 Å². The van der Waals surface area contributed by atoms with Gasteiger partial charge in [0.15, 0.2) is 17.3 Å². The van der Waals surface area contributed by atoms with Crippen molar-refractivity contribution in [1.82, 2.24) is 5.32 Å². The van der Waals surface area contributed by atoms with E-state index in [9.17, 15) is 14.7 Å². The second-order valence-electron chi connectivity index (χ2n) is 8.01. The molecule has 1 heterocycles. The van der Waals surface area contributed by atoms with Gasteiger partial charge in [-0.15, -0.1) is 0 Å². The zero-order valence-corrected chi connectivity index (χ0v) is 16.9. The van der Waals surface area contributed by atoms with Gasteiger partial charge < -0.3 is 19.9 Å². The summed E-state index contributed by atoms with van der Waals surface area (Å²) in [5, 5.41) is 13.6. The average molecular weight is 397 g/mol. The van der Waals surface area contributed by atoms with E-state index < -0.39 is 5.92 Å². The topological polar surface area (TPSA) is 84.9 Å². The number of aromatic hydroxyl groups is 1. The van der Waals surface area contributed by atoms with Gasteiger partial charge in [0.05, 0.1) is 12.7 Å². The van der Waals surface area contributed by atoms with Gasteiger partial charge in [-0.05, 0) is 63.1 Å². The number of Topliss-reactive ketones (excluding diaryl/α,β-unsaturated/α-hetero) is 1. The molecule has 154 valence electrons. The first kappa shape index (κ1) is 19.6. The highest BCUT2D eigenvalue weighted by molar-refractivity contribution is 6.03. The van der Waals surface area contributed by atoms with Crippen LogP contribution in [-0.2, 0) is 14.3 Å². The fraction of sp³-hybridized carbons (Fsp3) is 0.478. The first-order valence-electron chi connectivity index (χ1n) is 10.3. The number of hydrogen-bond donors (Lipinski definition) is 2. The number of dihydropyridines is 1. The molecule has 4 rings (SSSR count). The molecule has 3 aliphatic rings. The highest BCUT2D eigenvalue weighted by Crippen LogP contribution is 2.44. The summed E-state index contributed by atoms with van der Waals surface area (Å²) in [6.07, 6.45) is 5.85. The maximum Gasteiger partial charge on any atom is 0.337 e. The number of methoxy groups -OCH3 is 1. The van der Waals surface area contributed by atoms with E-state index in [1.165, 1.54) is 7.11 Å². The molecule has 1 atom stereocenters. The fourth-order valence-corrected chi connectivity index (χ4v) is 4.69. The maximum atomic E-state index is 13.2. The van der Waals surface area contributed by atoms with Crippen LogP contribution in [0.3, 0.4) is 0 Å². The number of allylic oxidation sites excluding steroid dienone is 3. The van der Waals surface area contributed by atoms with E-state index in [1.807, 2.05) is 6.92 Å². The highest BCUT2D eigenvalue weighted by Gasteiger charge is 2.40. The van der Waals surface area contributed by atoms with Crippen molar-refractivity contribution >= 4 is 11.8 Å². The van der Waals surface area contributed by atoms with Crippen LogP contribution in [-0.4, -0.2) is 30.1 Å². The number of benzene rings is 1. The Morgan fingerprint density at radius 1 is 1.17 bits per heavy atom. The van der Waals surface area contributed by atoms with Crippen molar-refractivity contribution < 1.29 is 24.2 Å². The molecule has 2 aliphatic carbocycles. The Kier molecular flexibility index (Phi) is 5.35. The summed E-state index contributed by atoms with van der Waals surface area (Å²) in [6.45, 7) is 1.85. The first-order valence-corrected chi connectivity index (χ1v) is 10.3. The lowest BCUT2D eigenvalue weighted by Gasteiger charge is -2.34. The highest BCUT2D eigenvalue weighted by atomic mass is 16.5. The standard InChI is InChI=1S/C23H27NO5/c1-13-20(23(27)29-15-6-3-4-7-15)21(14-10-11-19(28-2)18(26)12-14)22-16(24-13)8-5-9-17(22)25/h10-12,15,21,24,26H,3-9H2,1-2H3/t21-/m1/s1. The number of carbonyl (C=O) groups is 2. The van der Waals surface area contributed by atoms with Crippen molar-refractivity contribution in [3.8, 4) is 11.5 Å². The van der Waals surface area contributed by atoms with Crippen LogP contribution in [0.15, 0.2) is 40.7 Å². The van der Waals surface area contributed by atoms with Crippen LogP contribution in [0.5, 0.6) is 11.5 Å². The minimum Gasteiger partial charge on any atom is -0.504 e. The van der Waals surface area contributed by atoms with Crippen LogP contribution in [0, 0.1) is 0 Å².